The zero-order chi connectivity index (χ0) is 21.0. The fourth-order valence-electron chi connectivity index (χ4n) is 2.76. The average molecular weight is 375 g/mol. The molecule has 0 bridgehead atoms. The van der Waals surface area contributed by atoms with E-state index in [2.05, 4.69) is 11.8 Å². The first kappa shape index (κ1) is 21.7. The molecule has 1 atom stereocenters. The van der Waals surface area contributed by atoms with Gasteiger partial charge in [-0.3, -0.25) is 4.79 Å². The molecule has 1 unspecified atom stereocenters. The van der Waals surface area contributed by atoms with Gasteiger partial charge in [-0.1, -0.05) is 99.4 Å². The molecular weight excluding hydrogens is 344 g/mol. The molecule has 0 aliphatic carbocycles. The van der Waals surface area contributed by atoms with Gasteiger partial charge < -0.3 is 5.11 Å². The molecule has 2 heteroatoms. The van der Waals surface area contributed by atoms with E-state index in [9.17, 15) is 9.90 Å². The third kappa shape index (κ3) is 5.68. The summed E-state index contributed by atoms with van der Waals surface area (Å²) in [5.41, 5.74) is -0.919. The van der Waals surface area contributed by atoms with Crippen LogP contribution in [0.5, 0.6) is 0 Å². The Morgan fingerprint density at radius 3 is 1.79 bits per heavy atom. The lowest BCUT2D eigenvalue weighted by Gasteiger charge is -2.29. The van der Waals surface area contributed by atoms with Crippen LogP contribution in [0.15, 0.2) is 72.3 Å². The number of rotatable bonds is 4. The maximum atomic E-state index is 13.5. The molecule has 0 aliphatic heterocycles. The Hall–Kier alpha value is -2.63. The van der Waals surface area contributed by atoms with Crippen LogP contribution in [0.4, 0.5) is 0 Å². The SMILES string of the molecule is CC(C)(C)C#CC(O)(/C(=C/C(C)(C)C)C(=O)c1ccccc1)c1ccccc1. The van der Waals surface area contributed by atoms with Crippen LogP contribution in [-0.2, 0) is 5.60 Å². The van der Waals surface area contributed by atoms with Crippen LogP contribution >= 0.6 is 0 Å². The lowest BCUT2D eigenvalue weighted by atomic mass is 9.78. The highest BCUT2D eigenvalue weighted by Gasteiger charge is 2.38. The average Bonchev–Trinajstić information content (AvgIpc) is 2.64. The van der Waals surface area contributed by atoms with E-state index in [0.717, 1.165) is 0 Å². The van der Waals surface area contributed by atoms with Crippen LogP contribution in [0, 0.1) is 22.7 Å². The Morgan fingerprint density at radius 1 is 0.821 bits per heavy atom. The maximum absolute atomic E-state index is 13.5. The third-order valence-corrected chi connectivity index (χ3v) is 4.06. The molecule has 0 amide bonds. The molecule has 0 radical (unpaired) electrons. The summed E-state index contributed by atoms with van der Waals surface area (Å²) in [6.07, 6.45) is 1.84. The van der Waals surface area contributed by atoms with Crippen LogP contribution in [0.2, 0.25) is 0 Å². The van der Waals surface area contributed by atoms with Gasteiger partial charge in [-0.15, -0.1) is 0 Å². The number of benzene rings is 2. The van der Waals surface area contributed by atoms with E-state index >= 15 is 0 Å². The van der Waals surface area contributed by atoms with Gasteiger partial charge in [0.25, 0.3) is 0 Å². The number of hydrogen-bond acceptors (Lipinski definition) is 2. The number of ketones is 1. The molecule has 28 heavy (non-hydrogen) atoms. The molecule has 0 saturated heterocycles. The van der Waals surface area contributed by atoms with Gasteiger partial charge in [-0.2, -0.15) is 0 Å². The van der Waals surface area contributed by atoms with Gasteiger partial charge in [0.15, 0.2) is 11.4 Å². The van der Waals surface area contributed by atoms with Gasteiger partial charge in [-0.05, 0) is 26.2 Å². The van der Waals surface area contributed by atoms with Crippen molar-refractivity contribution in [2.75, 3.05) is 0 Å². The van der Waals surface area contributed by atoms with Crippen LogP contribution < -0.4 is 0 Å². The van der Waals surface area contributed by atoms with Crippen LogP contribution in [0.1, 0.15) is 57.5 Å². The molecule has 2 aromatic rings. The van der Waals surface area contributed by atoms with E-state index < -0.39 is 5.60 Å². The number of carbonyl (C=O) groups is 1. The van der Waals surface area contributed by atoms with Crippen molar-refractivity contribution >= 4 is 5.78 Å². The molecule has 2 nitrogen and oxygen atoms in total. The van der Waals surface area contributed by atoms with Gasteiger partial charge in [0.05, 0.1) is 0 Å². The number of hydrogen-bond donors (Lipinski definition) is 1. The Labute approximate surface area is 169 Å². The summed E-state index contributed by atoms with van der Waals surface area (Å²) in [5, 5.41) is 11.8. The predicted molar refractivity (Wildman–Crippen MR) is 116 cm³/mol. The van der Waals surface area contributed by atoms with Crippen molar-refractivity contribution in [3.63, 3.8) is 0 Å². The highest BCUT2D eigenvalue weighted by atomic mass is 16.3. The standard InChI is InChI=1S/C26H30O2/c1-24(2,3)17-18-26(28,21-15-11-8-12-16-21)22(19-25(4,5)6)23(27)20-13-9-7-10-14-20/h7-16,19,28H,1-6H3/b22-19+. The highest BCUT2D eigenvalue weighted by molar-refractivity contribution is 6.10. The minimum atomic E-state index is -1.70. The second-order valence-corrected chi connectivity index (χ2v) is 9.20. The van der Waals surface area contributed by atoms with Crippen molar-refractivity contribution in [3.05, 3.63) is 83.4 Å². The molecule has 2 rings (SSSR count). The zero-order valence-electron chi connectivity index (χ0n) is 17.7. The molecule has 0 saturated carbocycles. The minimum absolute atomic E-state index is 0.218. The minimum Gasteiger partial charge on any atom is -0.369 e. The van der Waals surface area contributed by atoms with E-state index in [4.69, 9.17) is 0 Å². The van der Waals surface area contributed by atoms with Crippen molar-refractivity contribution in [1.29, 1.82) is 0 Å². The molecule has 2 aromatic carbocycles. The number of carbonyl (C=O) groups excluding carboxylic acids is 1. The molecule has 0 spiro atoms. The lowest BCUT2D eigenvalue weighted by molar-refractivity contribution is 0.0907. The van der Waals surface area contributed by atoms with Gasteiger partial charge in [0.2, 0.25) is 0 Å². The summed E-state index contributed by atoms with van der Waals surface area (Å²) >= 11 is 0. The van der Waals surface area contributed by atoms with E-state index in [1.807, 2.05) is 96.1 Å². The summed E-state index contributed by atoms with van der Waals surface area (Å²) < 4.78 is 0. The topological polar surface area (TPSA) is 37.3 Å². The zero-order valence-corrected chi connectivity index (χ0v) is 17.7. The van der Waals surface area contributed by atoms with Crippen molar-refractivity contribution < 1.29 is 9.90 Å². The van der Waals surface area contributed by atoms with Crippen molar-refractivity contribution in [1.82, 2.24) is 0 Å². The number of Topliss-reactive ketones (excluding diaryl/α,β-unsaturated/α-hetero) is 1. The molecule has 0 aromatic heterocycles. The fourth-order valence-corrected chi connectivity index (χ4v) is 2.76. The first-order valence-electron chi connectivity index (χ1n) is 9.58. The van der Waals surface area contributed by atoms with Crippen molar-refractivity contribution in [3.8, 4) is 11.8 Å². The maximum Gasteiger partial charge on any atom is 0.192 e. The highest BCUT2D eigenvalue weighted by Crippen LogP contribution is 2.35. The van der Waals surface area contributed by atoms with E-state index in [1.165, 1.54) is 0 Å². The second kappa shape index (κ2) is 8.17. The van der Waals surface area contributed by atoms with E-state index in [1.54, 1.807) is 12.1 Å². The summed E-state index contributed by atoms with van der Waals surface area (Å²) in [6, 6.07) is 18.2. The largest absolute Gasteiger partial charge is 0.369 e. The Bertz CT molecular complexity index is 898. The monoisotopic (exact) mass is 374 g/mol. The first-order chi connectivity index (χ1) is 12.9. The molecule has 146 valence electrons. The molecule has 0 aliphatic rings. The Morgan fingerprint density at radius 2 is 1.32 bits per heavy atom. The Balaban J connectivity index is 2.77. The van der Waals surface area contributed by atoms with Gasteiger partial charge in [0, 0.05) is 22.1 Å². The van der Waals surface area contributed by atoms with Crippen molar-refractivity contribution in [2.45, 2.75) is 47.1 Å². The summed E-state index contributed by atoms with van der Waals surface area (Å²) in [5.74, 6) is 5.97. The summed E-state index contributed by atoms with van der Waals surface area (Å²) in [6.45, 7) is 12.0. The van der Waals surface area contributed by atoms with Crippen molar-refractivity contribution in [2.24, 2.45) is 10.8 Å². The summed E-state index contributed by atoms with van der Waals surface area (Å²) in [4.78, 5) is 13.5. The van der Waals surface area contributed by atoms with Crippen LogP contribution in [-0.4, -0.2) is 10.9 Å². The third-order valence-electron chi connectivity index (χ3n) is 4.06. The van der Waals surface area contributed by atoms with Crippen LogP contribution in [0.25, 0.3) is 0 Å². The summed E-state index contributed by atoms with van der Waals surface area (Å²) in [7, 11) is 0. The molecule has 0 fully saturated rings. The molecule has 0 heterocycles. The van der Waals surface area contributed by atoms with Gasteiger partial charge in [-0.25, -0.2) is 0 Å². The number of aliphatic hydroxyl groups is 1. The predicted octanol–water partition coefficient (Wildman–Crippen LogP) is 5.78. The second-order valence-electron chi connectivity index (χ2n) is 9.20. The van der Waals surface area contributed by atoms with Gasteiger partial charge >= 0.3 is 0 Å². The van der Waals surface area contributed by atoms with E-state index in [-0.39, 0.29) is 22.2 Å². The molecular formula is C26H30O2. The normalized spacial score (nSPS) is 14.6. The number of allylic oxidation sites excluding steroid dienone is 1. The smallest absolute Gasteiger partial charge is 0.192 e. The van der Waals surface area contributed by atoms with Crippen LogP contribution in [0.3, 0.4) is 0 Å². The molecule has 1 N–H and O–H groups in total. The van der Waals surface area contributed by atoms with Gasteiger partial charge in [0.1, 0.15) is 0 Å². The quantitative estimate of drug-likeness (QED) is 0.418. The lowest BCUT2D eigenvalue weighted by Crippen LogP contribution is -2.32. The fraction of sp³-hybridized carbons (Fsp3) is 0.346. The Kier molecular flexibility index (Phi) is 6.32. The van der Waals surface area contributed by atoms with E-state index in [0.29, 0.717) is 11.1 Å². The first-order valence-corrected chi connectivity index (χ1v) is 9.58.